The Morgan fingerprint density at radius 3 is 2.55 bits per heavy atom. The first-order chi connectivity index (χ1) is 19.0. The van der Waals surface area contributed by atoms with Crippen LogP contribution in [-0.4, -0.2) is 62.4 Å². The number of aromatic nitrogens is 3. The third kappa shape index (κ3) is 5.09. The molecule has 9 nitrogen and oxygen atoms in total. The van der Waals surface area contributed by atoms with E-state index in [1.807, 2.05) is 0 Å². The van der Waals surface area contributed by atoms with Crippen molar-refractivity contribution in [2.75, 3.05) is 13.2 Å². The molecule has 0 spiro atoms. The lowest BCUT2D eigenvalue weighted by Crippen LogP contribution is -2.70. The molecule has 40 heavy (non-hydrogen) atoms. The number of hydrogen-bond acceptors (Lipinski definition) is 6. The molecule has 1 aliphatic rings. The van der Waals surface area contributed by atoms with Gasteiger partial charge in [0.25, 0.3) is 0 Å². The maximum absolute atomic E-state index is 14.1. The molecule has 5 atom stereocenters. The van der Waals surface area contributed by atoms with Gasteiger partial charge in [0.15, 0.2) is 0 Å². The summed E-state index contributed by atoms with van der Waals surface area (Å²) in [7, 11) is 0. The third-order valence-corrected chi connectivity index (χ3v) is 8.58. The van der Waals surface area contributed by atoms with Crippen LogP contribution in [0.1, 0.15) is 38.7 Å². The quantitative estimate of drug-likeness (QED) is 0.299. The van der Waals surface area contributed by atoms with E-state index < -0.39 is 52.4 Å². The summed E-state index contributed by atoms with van der Waals surface area (Å²) in [6.07, 6.45) is 1.57. The molecule has 3 aromatic rings. The summed E-state index contributed by atoms with van der Waals surface area (Å²) in [4.78, 5) is 25.8. The van der Waals surface area contributed by atoms with Gasteiger partial charge in [0.05, 0.1) is 36.8 Å². The fourth-order valence-corrected chi connectivity index (χ4v) is 6.13. The van der Waals surface area contributed by atoms with Gasteiger partial charge in [-0.2, -0.15) is 0 Å². The van der Waals surface area contributed by atoms with Crippen LogP contribution in [-0.2, 0) is 20.9 Å². The van der Waals surface area contributed by atoms with Crippen molar-refractivity contribution < 1.29 is 33.3 Å². The number of rotatable bonds is 10. The number of benzene rings is 2. The van der Waals surface area contributed by atoms with Gasteiger partial charge in [-0.1, -0.05) is 41.9 Å². The highest BCUT2D eigenvalue weighted by Gasteiger charge is 2.65. The van der Waals surface area contributed by atoms with Crippen molar-refractivity contribution in [3.63, 3.8) is 0 Å². The summed E-state index contributed by atoms with van der Waals surface area (Å²) >= 11 is 6.54. The molecule has 0 aliphatic carbocycles. The van der Waals surface area contributed by atoms with E-state index in [0.717, 1.165) is 18.2 Å². The van der Waals surface area contributed by atoms with Crippen LogP contribution in [0.4, 0.5) is 8.78 Å². The number of hydrogen-bond donors (Lipinski definition) is 3. The fraction of sp³-hybridized carbons (Fsp3) is 0.429. The van der Waals surface area contributed by atoms with E-state index in [2.05, 4.69) is 15.6 Å². The zero-order chi connectivity index (χ0) is 29.2. The summed E-state index contributed by atoms with van der Waals surface area (Å²) in [5.41, 5.74) is -2.48. The maximum Gasteiger partial charge on any atom is 0.311 e. The molecule has 0 radical (unpaired) electrons. The van der Waals surface area contributed by atoms with E-state index >= 15 is 0 Å². The predicted molar refractivity (Wildman–Crippen MR) is 143 cm³/mol. The fourth-order valence-electron chi connectivity index (χ4n) is 5.88. The molecular weight excluding hydrogens is 546 g/mol. The van der Waals surface area contributed by atoms with E-state index in [-0.39, 0.29) is 37.4 Å². The summed E-state index contributed by atoms with van der Waals surface area (Å²) in [5, 5.41) is 32.4. The Morgan fingerprint density at radius 2 is 1.90 bits per heavy atom. The number of ether oxygens (including phenoxy) is 1. The molecule has 2 heterocycles. The number of aliphatic carboxylic acids is 2. The van der Waals surface area contributed by atoms with Gasteiger partial charge in [-0.3, -0.25) is 9.59 Å². The Hall–Kier alpha value is -3.41. The van der Waals surface area contributed by atoms with E-state index in [0.29, 0.717) is 10.6 Å². The first-order valence-corrected chi connectivity index (χ1v) is 13.2. The SMILES string of the molecule is CCC1(C(=O)O)C(COCCn2cc(-c3cc(F)ccc3F)nn2)NC(C)C(C)(C(=O)O)C1c1ccccc1Cl. The van der Waals surface area contributed by atoms with Gasteiger partial charge in [0.2, 0.25) is 0 Å². The summed E-state index contributed by atoms with van der Waals surface area (Å²) in [5.74, 6) is -4.49. The minimum atomic E-state index is -1.57. The van der Waals surface area contributed by atoms with Crippen molar-refractivity contribution in [3.05, 3.63) is 70.9 Å². The molecule has 3 N–H and O–H groups in total. The zero-order valence-electron chi connectivity index (χ0n) is 22.3. The molecule has 1 aromatic heterocycles. The highest BCUT2D eigenvalue weighted by molar-refractivity contribution is 6.31. The first kappa shape index (κ1) is 29.6. The first-order valence-electron chi connectivity index (χ1n) is 12.9. The lowest BCUT2D eigenvalue weighted by atomic mass is 9.51. The van der Waals surface area contributed by atoms with Crippen molar-refractivity contribution in [1.29, 1.82) is 0 Å². The van der Waals surface area contributed by atoms with Crippen molar-refractivity contribution in [2.24, 2.45) is 10.8 Å². The molecule has 5 unspecified atom stereocenters. The van der Waals surface area contributed by atoms with Crippen molar-refractivity contribution >= 4 is 23.5 Å². The minimum absolute atomic E-state index is 0.0196. The molecule has 0 saturated carbocycles. The summed E-state index contributed by atoms with van der Waals surface area (Å²) < 4.78 is 35.0. The van der Waals surface area contributed by atoms with E-state index in [4.69, 9.17) is 16.3 Å². The molecule has 214 valence electrons. The number of carboxylic acid groups (broad SMARTS) is 2. The van der Waals surface area contributed by atoms with Crippen molar-refractivity contribution in [2.45, 2.75) is 51.7 Å². The molecule has 0 amide bonds. The molecule has 4 rings (SSSR count). The van der Waals surface area contributed by atoms with Crippen molar-refractivity contribution in [1.82, 2.24) is 20.3 Å². The van der Waals surface area contributed by atoms with Gasteiger partial charge in [-0.05, 0) is 50.1 Å². The zero-order valence-corrected chi connectivity index (χ0v) is 23.0. The second-order valence-corrected chi connectivity index (χ2v) is 10.7. The standard InChI is InChI=1S/C28H31ClF2N4O5/c1-4-28(26(38)39)23(32-16(2)27(3,25(36)37)24(28)18-7-5-6-8-20(18)29)15-40-12-11-35-14-22(33-34-35)19-13-17(30)9-10-21(19)31/h5-10,13-14,16,23-24,32H,4,11-12,15H2,1-3H3,(H,36,37)(H,38,39). The Morgan fingerprint density at radius 1 is 1.18 bits per heavy atom. The lowest BCUT2D eigenvalue weighted by Gasteiger charge is -2.56. The Bertz CT molecular complexity index is 1400. The molecule has 12 heteroatoms. The molecule has 1 aliphatic heterocycles. The van der Waals surface area contributed by atoms with Crippen LogP contribution in [0.3, 0.4) is 0 Å². The summed E-state index contributed by atoms with van der Waals surface area (Å²) in [6.45, 7) is 5.26. The van der Waals surface area contributed by atoms with Crippen LogP contribution in [0.5, 0.6) is 0 Å². The van der Waals surface area contributed by atoms with Crippen LogP contribution in [0.2, 0.25) is 5.02 Å². The number of halogens is 3. The van der Waals surface area contributed by atoms with Crippen LogP contribution in [0.15, 0.2) is 48.7 Å². The second-order valence-electron chi connectivity index (χ2n) is 10.2. The molecule has 0 bridgehead atoms. The van der Waals surface area contributed by atoms with Crippen LogP contribution in [0.25, 0.3) is 11.3 Å². The number of nitrogens with one attached hydrogen (secondary N) is 1. The number of carbonyl (C=O) groups is 2. The molecule has 1 saturated heterocycles. The average molecular weight is 577 g/mol. The highest BCUT2D eigenvalue weighted by Crippen LogP contribution is 2.58. The van der Waals surface area contributed by atoms with Gasteiger partial charge in [-0.25, -0.2) is 13.5 Å². The van der Waals surface area contributed by atoms with Gasteiger partial charge in [0, 0.05) is 28.6 Å². The maximum atomic E-state index is 14.1. The monoisotopic (exact) mass is 576 g/mol. The molecule has 1 fully saturated rings. The largest absolute Gasteiger partial charge is 0.481 e. The van der Waals surface area contributed by atoms with Gasteiger partial charge < -0.3 is 20.3 Å². The Balaban J connectivity index is 1.57. The second kappa shape index (κ2) is 11.6. The molecule has 2 aromatic carbocycles. The molecular formula is C28H31ClF2N4O5. The van der Waals surface area contributed by atoms with E-state index in [1.165, 1.54) is 10.9 Å². The Kier molecular flexibility index (Phi) is 8.57. The van der Waals surface area contributed by atoms with E-state index in [1.54, 1.807) is 45.0 Å². The topological polar surface area (TPSA) is 127 Å². The smallest absolute Gasteiger partial charge is 0.311 e. The van der Waals surface area contributed by atoms with Crippen LogP contribution in [0, 0.1) is 22.5 Å². The Labute approximate surface area is 235 Å². The van der Waals surface area contributed by atoms with E-state index in [9.17, 15) is 28.6 Å². The lowest BCUT2D eigenvalue weighted by molar-refractivity contribution is -0.174. The third-order valence-electron chi connectivity index (χ3n) is 8.24. The number of piperidine rings is 1. The number of carboxylic acids is 2. The van der Waals surface area contributed by atoms with Gasteiger partial charge in [0.1, 0.15) is 17.3 Å². The summed E-state index contributed by atoms with van der Waals surface area (Å²) in [6, 6.07) is 8.41. The van der Waals surface area contributed by atoms with Crippen LogP contribution < -0.4 is 5.32 Å². The van der Waals surface area contributed by atoms with Crippen LogP contribution >= 0.6 is 11.6 Å². The average Bonchev–Trinajstić information content (AvgIpc) is 3.38. The minimum Gasteiger partial charge on any atom is -0.481 e. The van der Waals surface area contributed by atoms with Gasteiger partial charge >= 0.3 is 11.9 Å². The predicted octanol–water partition coefficient (Wildman–Crippen LogP) is 4.61. The number of nitrogens with zero attached hydrogens (tertiary/aromatic N) is 3. The normalized spacial score (nSPS) is 26.5. The highest BCUT2D eigenvalue weighted by atomic mass is 35.5. The van der Waals surface area contributed by atoms with Crippen molar-refractivity contribution in [3.8, 4) is 11.3 Å². The van der Waals surface area contributed by atoms with Gasteiger partial charge in [-0.15, -0.1) is 5.10 Å².